The van der Waals surface area contributed by atoms with Crippen molar-refractivity contribution in [3.63, 3.8) is 0 Å². The first kappa shape index (κ1) is 27.2. The standard InChI is InChI=1S/C27H28FN3O6S/c1-3-36-27(33)21-8-6-9-22(17-21)29-26(32)20-13-15-31(16-14-20)38(34,35)25-18(2)30-37-24(25)12-11-19-7-4-5-10-23(19)28/h4-12,17,20H,3,13-16H2,1-2H3,(H,29,32). The fraction of sp³-hybridized carbons (Fsp3) is 0.296. The lowest BCUT2D eigenvalue weighted by Gasteiger charge is -2.30. The first-order valence-electron chi connectivity index (χ1n) is 12.2. The van der Waals surface area contributed by atoms with Crippen molar-refractivity contribution >= 4 is 39.7 Å². The second-order valence-corrected chi connectivity index (χ2v) is 10.7. The maximum Gasteiger partial charge on any atom is 0.338 e. The highest BCUT2D eigenvalue weighted by Crippen LogP contribution is 2.30. The maximum absolute atomic E-state index is 14.0. The fourth-order valence-electron chi connectivity index (χ4n) is 4.24. The summed E-state index contributed by atoms with van der Waals surface area (Å²) in [6.07, 6.45) is 3.44. The molecule has 1 fully saturated rings. The number of benzene rings is 2. The number of ether oxygens (including phenoxy) is 1. The Labute approximate surface area is 220 Å². The number of aromatic nitrogens is 1. The van der Waals surface area contributed by atoms with Crippen LogP contribution >= 0.6 is 0 Å². The summed E-state index contributed by atoms with van der Waals surface area (Å²) in [7, 11) is -3.97. The highest BCUT2D eigenvalue weighted by molar-refractivity contribution is 7.89. The van der Waals surface area contributed by atoms with Crippen LogP contribution in [0, 0.1) is 18.7 Å². The van der Waals surface area contributed by atoms with Crippen molar-refractivity contribution in [2.45, 2.75) is 31.6 Å². The van der Waals surface area contributed by atoms with Gasteiger partial charge in [0.1, 0.15) is 11.5 Å². The molecule has 2 aromatic carbocycles. The van der Waals surface area contributed by atoms with Gasteiger partial charge in [-0.2, -0.15) is 4.31 Å². The normalized spacial score (nSPS) is 15.0. The summed E-state index contributed by atoms with van der Waals surface area (Å²) in [5.41, 5.74) is 1.26. The van der Waals surface area contributed by atoms with Crippen LogP contribution < -0.4 is 5.32 Å². The number of sulfonamides is 1. The van der Waals surface area contributed by atoms with Gasteiger partial charge in [-0.15, -0.1) is 0 Å². The zero-order chi connectivity index (χ0) is 27.3. The molecule has 200 valence electrons. The minimum absolute atomic E-state index is 0.00658. The number of anilines is 1. The molecule has 0 bridgehead atoms. The molecule has 1 aliphatic heterocycles. The Morgan fingerprint density at radius 3 is 2.61 bits per heavy atom. The largest absolute Gasteiger partial charge is 0.462 e. The first-order chi connectivity index (χ1) is 18.2. The Bertz CT molecular complexity index is 1460. The summed E-state index contributed by atoms with van der Waals surface area (Å²) in [6, 6.07) is 12.6. The number of hydrogen-bond acceptors (Lipinski definition) is 7. The predicted octanol–water partition coefficient (Wildman–Crippen LogP) is 4.51. The molecule has 1 N–H and O–H groups in total. The Hall–Kier alpha value is -3.83. The highest BCUT2D eigenvalue weighted by atomic mass is 32.2. The van der Waals surface area contributed by atoms with Gasteiger partial charge in [0.2, 0.25) is 15.9 Å². The molecule has 11 heteroatoms. The zero-order valence-electron chi connectivity index (χ0n) is 21.0. The van der Waals surface area contributed by atoms with Crippen molar-refractivity contribution in [1.82, 2.24) is 9.46 Å². The molecule has 0 aliphatic carbocycles. The summed E-state index contributed by atoms with van der Waals surface area (Å²) >= 11 is 0. The van der Waals surface area contributed by atoms with E-state index in [-0.39, 0.29) is 47.5 Å². The summed E-state index contributed by atoms with van der Waals surface area (Å²) in [5.74, 6) is -1.58. The Kier molecular flexibility index (Phi) is 8.38. The summed E-state index contributed by atoms with van der Waals surface area (Å²) in [4.78, 5) is 24.7. The van der Waals surface area contributed by atoms with Gasteiger partial charge in [0, 0.05) is 30.3 Å². The third kappa shape index (κ3) is 6.00. The molecular weight excluding hydrogens is 513 g/mol. The van der Waals surface area contributed by atoms with E-state index in [0.29, 0.717) is 24.1 Å². The van der Waals surface area contributed by atoms with Crippen LogP contribution in [0.1, 0.15) is 47.1 Å². The Balaban J connectivity index is 1.42. The van der Waals surface area contributed by atoms with E-state index in [1.165, 1.54) is 29.4 Å². The van der Waals surface area contributed by atoms with Gasteiger partial charge in [-0.3, -0.25) is 4.79 Å². The molecule has 1 saturated heterocycles. The van der Waals surface area contributed by atoms with E-state index in [4.69, 9.17) is 9.26 Å². The minimum Gasteiger partial charge on any atom is -0.462 e. The number of esters is 1. The van der Waals surface area contributed by atoms with E-state index in [1.807, 2.05) is 0 Å². The van der Waals surface area contributed by atoms with Crippen molar-refractivity contribution in [2.75, 3.05) is 25.0 Å². The average Bonchev–Trinajstić information content (AvgIpc) is 3.29. The number of carbonyl (C=O) groups excluding carboxylic acids is 2. The third-order valence-electron chi connectivity index (χ3n) is 6.22. The van der Waals surface area contributed by atoms with Crippen molar-refractivity contribution in [1.29, 1.82) is 0 Å². The van der Waals surface area contributed by atoms with Crippen LogP contribution in [0.4, 0.5) is 10.1 Å². The van der Waals surface area contributed by atoms with E-state index >= 15 is 0 Å². The van der Waals surface area contributed by atoms with Crippen LogP contribution in [0.5, 0.6) is 0 Å². The molecule has 1 amide bonds. The number of aryl methyl sites for hydroxylation is 1. The van der Waals surface area contributed by atoms with Crippen LogP contribution in [0.15, 0.2) is 57.9 Å². The fourth-order valence-corrected chi connectivity index (χ4v) is 5.96. The van der Waals surface area contributed by atoms with Crippen molar-refractivity contribution < 1.29 is 31.7 Å². The quantitative estimate of drug-likeness (QED) is 0.417. The minimum atomic E-state index is -3.97. The number of rotatable bonds is 8. The second kappa shape index (κ2) is 11.7. The number of halogens is 1. The van der Waals surface area contributed by atoms with Gasteiger partial charge in [0.15, 0.2) is 10.7 Å². The molecule has 1 aromatic heterocycles. The number of nitrogens with zero attached hydrogens (tertiary/aromatic N) is 2. The van der Waals surface area contributed by atoms with Gasteiger partial charge in [-0.05, 0) is 63.1 Å². The number of hydrogen-bond donors (Lipinski definition) is 1. The van der Waals surface area contributed by atoms with Gasteiger partial charge < -0.3 is 14.6 Å². The topological polar surface area (TPSA) is 119 Å². The van der Waals surface area contributed by atoms with E-state index in [2.05, 4.69) is 10.5 Å². The van der Waals surface area contributed by atoms with Crippen LogP contribution in [0.2, 0.25) is 0 Å². The van der Waals surface area contributed by atoms with E-state index in [1.54, 1.807) is 49.4 Å². The lowest BCUT2D eigenvalue weighted by atomic mass is 9.97. The third-order valence-corrected chi connectivity index (χ3v) is 8.27. The number of amides is 1. The van der Waals surface area contributed by atoms with E-state index in [9.17, 15) is 22.4 Å². The van der Waals surface area contributed by atoms with Crippen LogP contribution in [0.25, 0.3) is 12.2 Å². The molecule has 4 rings (SSSR count). The molecule has 0 unspecified atom stereocenters. The summed E-state index contributed by atoms with van der Waals surface area (Å²) in [6.45, 7) is 3.74. The molecular formula is C27H28FN3O6S. The first-order valence-corrected chi connectivity index (χ1v) is 13.6. The smallest absolute Gasteiger partial charge is 0.338 e. The van der Waals surface area contributed by atoms with Gasteiger partial charge in [-0.25, -0.2) is 17.6 Å². The van der Waals surface area contributed by atoms with Crippen LogP contribution in [0.3, 0.4) is 0 Å². The molecule has 3 aromatic rings. The van der Waals surface area contributed by atoms with E-state index < -0.39 is 27.7 Å². The Morgan fingerprint density at radius 1 is 1.16 bits per heavy atom. The van der Waals surface area contributed by atoms with Crippen molar-refractivity contribution in [3.8, 4) is 0 Å². The Morgan fingerprint density at radius 2 is 1.89 bits per heavy atom. The summed E-state index contributed by atoms with van der Waals surface area (Å²) < 4.78 is 52.4. The zero-order valence-corrected chi connectivity index (χ0v) is 21.8. The molecule has 1 aliphatic rings. The van der Waals surface area contributed by atoms with Crippen molar-refractivity contribution in [2.24, 2.45) is 5.92 Å². The number of piperidine rings is 1. The molecule has 38 heavy (non-hydrogen) atoms. The molecule has 0 saturated carbocycles. The van der Waals surface area contributed by atoms with Crippen LogP contribution in [-0.4, -0.2) is 49.5 Å². The van der Waals surface area contributed by atoms with Gasteiger partial charge in [-0.1, -0.05) is 29.4 Å². The molecule has 9 nitrogen and oxygen atoms in total. The second-order valence-electron chi connectivity index (χ2n) is 8.79. The number of carbonyl (C=O) groups is 2. The van der Waals surface area contributed by atoms with Gasteiger partial charge in [0.05, 0.1) is 12.2 Å². The lowest BCUT2D eigenvalue weighted by molar-refractivity contribution is -0.120. The van der Waals surface area contributed by atoms with Gasteiger partial charge >= 0.3 is 5.97 Å². The van der Waals surface area contributed by atoms with E-state index in [0.717, 1.165) is 0 Å². The maximum atomic E-state index is 14.0. The van der Waals surface area contributed by atoms with Gasteiger partial charge in [0.25, 0.3) is 0 Å². The predicted molar refractivity (Wildman–Crippen MR) is 139 cm³/mol. The summed E-state index contributed by atoms with van der Waals surface area (Å²) in [5, 5.41) is 6.62. The van der Waals surface area contributed by atoms with Crippen LogP contribution in [-0.2, 0) is 19.6 Å². The molecule has 0 atom stereocenters. The average molecular weight is 542 g/mol. The SMILES string of the molecule is CCOC(=O)c1cccc(NC(=O)C2CCN(S(=O)(=O)c3c(C)noc3C=Cc3ccccc3F)CC2)c1. The number of nitrogens with one attached hydrogen (secondary N) is 1. The highest BCUT2D eigenvalue weighted by Gasteiger charge is 2.36. The van der Waals surface area contributed by atoms with Crippen molar-refractivity contribution in [3.05, 3.63) is 76.9 Å². The lowest BCUT2D eigenvalue weighted by Crippen LogP contribution is -2.41. The monoisotopic (exact) mass is 541 g/mol. The molecule has 0 radical (unpaired) electrons. The molecule has 2 heterocycles. The molecule has 0 spiro atoms.